The Morgan fingerprint density at radius 3 is 1.92 bits per heavy atom. The summed E-state index contributed by atoms with van der Waals surface area (Å²) in [6, 6.07) is -0.726. The van der Waals surface area contributed by atoms with E-state index in [2.05, 4.69) is 15.4 Å². The van der Waals surface area contributed by atoms with Crippen LogP contribution in [0.3, 0.4) is 0 Å². The molecule has 15 nitrogen and oxygen atoms in total. The number of ether oxygens (including phenoxy) is 6. The van der Waals surface area contributed by atoms with E-state index < -0.39 is 85.0 Å². The van der Waals surface area contributed by atoms with Crippen molar-refractivity contribution in [2.24, 2.45) is 0 Å². The van der Waals surface area contributed by atoms with Gasteiger partial charge in [-0.2, -0.15) is 0 Å². The van der Waals surface area contributed by atoms with Gasteiger partial charge in [-0.25, -0.2) is 9.59 Å². The number of rotatable bonds is 12. The minimum atomic E-state index is -1.35. The quantitative estimate of drug-likeness (QED) is 0.137. The Morgan fingerprint density at radius 2 is 1.39 bits per heavy atom. The van der Waals surface area contributed by atoms with Gasteiger partial charge in [0, 0.05) is 34.2 Å². The fourth-order valence-corrected chi connectivity index (χ4v) is 4.02. The standard InChI is InChI=1S/C23H32N2O13/c1-11(26)33-10-17-20(35-13(3)28)21(36-14(4)29)19(34-12(2)27)16(37-17)9-18(30)24-8-6-5-7-15-22(31)38-23(32)25-15/h15-17,19-21H,5-10H2,1-4H3,(H,24,30)(H,25,32)/t15-,16+,17+,19-,20-,21+/m0/s1. The van der Waals surface area contributed by atoms with E-state index in [1.54, 1.807) is 0 Å². The first-order valence-electron chi connectivity index (χ1n) is 12.0. The van der Waals surface area contributed by atoms with Crippen molar-refractivity contribution in [1.29, 1.82) is 0 Å². The minimum Gasteiger partial charge on any atom is -0.463 e. The molecule has 38 heavy (non-hydrogen) atoms. The molecule has 2 aliphatic rings. The maximum Gasteiger partial charge on any atom is 0.415 e. The molecular formula is C23H32N2O13. The Balaban J connectivity index is 2.08. The Kier molecular flexibility index (Phi) is 11.4. The van der Waals surface area contributed by atoms with E-state index in [-0.39, 0.29) is 13.0 Å². The molecule has 2 fully saturated rings. The second-order valence-corrected chi connectivity index (χ2v) is 8.69. The highest BCUT2D eigenvalue weighted by molar-refractivity contribution is 5.95. The average molecular weight is 545 g/mol. The Labute approximate surface area is 218 Å². The van der Waals surface area contributed by atoms with E-state index in [1.165, 1.54) is 0 Å². The van der Waals surface area contributed by atoms with Crippen molar-refractivity contribution in [3.05, 3.63) is 0 Å². The van der Waals surface area contributed by atoms with E-state index in [0.717, 1.165) is 27.7 Å². The van der Waals surface area contributed by atoms with E-state index >= 15 is 0 Å². The number of unbranched alkanes of at least 4 members (excludes halogenated alkanes) is 1. The van der Waals surface area contributed by atoms with Crippen molar-refractivity contribution < 1.29 is 62.0 Å². The summed E-state index contributed by atoms with van der Waals surface area (Å²) in [5, 5.41) is 5.05. The highest BCUT2D eigenvalue weighted by atomic mass is 16.7. The first kappa shape index (κ1) is 30.5. The molecule has 0 aromatic heterocycles. The molecule has 0 bridgehead atoms. The van der Waals surface area contributed by atoms with E-state index in [4.69, 9.17) is 23.7 Å². The lowest BCUT2D eigenvalue weighted by molar-refractivity contribution is -0.252. The zero-order valence-electron chi connectivity index (χ0n) is 21.5. The van der Waals surface area contributed by atoms with Crippen LogP contribution >= 0.6 is 0 Å². The van der Waals surface area contributed by atoms with E-state index in [0.29, 0.717) is 19.3 Å². The van der Waals surface area contributed by atoms with Gasteiger partial charge in [-0.05, 0) is 19.3 Å². The summed E-state index contributed by atoms with van der Waals surface area (Å²) in [5.74, 6) is -4.10. The monoisotopic (exact) mass is 544 g/mol. The maximum absolute atomic E-state index is 12.7. The van der Waals surface area contributed by atoms with Gasteiger partial charge in [0.25, 0.3) is 0 Å². The van der Waals surface area contributed by atoms with Crippen LogP contribution in [0.2, 0.25) is 0 Å². The molecule has 15 heteroatoms. The number of cyclic esters (lactones) is 2. The molecule has 0 spiro atoms. The lowest BCUT2D eigenvalue weighted by Gasteiger charge is -2.44. The van der Waals surface area contributed by atoms with Crippen molar-refractivity contribution >= 4 is 41.8 Å². The van der Waals surface area contributed by atoms with Gasteiger partial charge in [0.05, 0.1) is 6.42 Å². The first-order valence-corrected chi connectivity index (χ1v) is 12.0. The molecule has 2 saturated heterocycles. The molecule has 6 atom stereocenters. The van der Waals surface area contributed by atoms with Gasteiger partial charge in [0.2, 0.25) is 5.91 Å². The lowest BCUT2D eigenvalue weighted by atomic mass is 9.92. The molecular weight excluding hydrogens is 512 g/mol. The van der Waals surface area contributed by atoms with Crippen molar-refractivity contribution in [1.82, 2.24) is 10.6 Å². The number of esters is 5. The van der Waals surface area contributed by atoms with Crippen LogP contribution in [0, 0.1) is 0 Å². The summed E-state index contributed by atoms with van der Waals surface area (Å²) in [5.41, 5.74) is 0. The third kappa shape index (κ3) is 9.61. The smallest absolute Gasteiger partial charge is 0.415 e. The van der Waals surface area contributed by atoms with Crippen LogP contribution in [-0.4, -0.2) is 91.6 Å². The predicted molar refractivity (Wildman–Crippen MR) is 122 cm³/mol. The SMILES string of the molecule is CC(=O)OC[C@H]1O[C@H](CC(=O)NCCCC[C@@H]2NC(=O)OC2=O)[C@H](OC(C)=O)[C@@H](OC(C)=O)[C@H]1OC(C)=O. The highest BCUT2D eigenvalue weighted by Gasteiger charge is 2.52. The largest absolute Gasteiger partial charge is 0.463 e. The molecule has 0 radical (unpaired) electrons. The molecule has 2 N–H and O–H groups in total. The molecule has 0 aromatic rings. The van der Waals surface area contributed by atoms with Crippen LogP contribution in [0.15, 0.2) is 0 Å². The highest BCUT2D eigenvalue weighted by Crippen LogP contribution is 2.30. The van der Waals surface area contributed by atoms with Gasteiger partial charge in [-0.3, -0.25) is 24.0 Å². The fourth-order valence-electron chi connectivity index (χ4n) is 4.02. The molecule has 0 unspecified atom stereocenters. The second kappa shape index (κ2) is 14.3. The van der Waals surface area contributed by atoms with Crippen molar-refractivity contribution in [3.63, 3.8) is 0 Å². The Bertz CT molecular complexity index is 936. The number of amides is 2. The van der Waals surface area contributed by atoms with Crippen molar-refractivity contribution in [2.75, 3.05) is 13.2 Å². The number of carbonyl (C=O) groups excluding carboxylic acids is 7. The van der Waals surface area contributed by atoms with Gasteiger partial charge < -0.3 is 39.1 Å². The topological polar surface area (TPSA) is 199 Å². The van der Waals surface area contributed by atoms with Crippen LogP contribution in [0.1, 0.15) is 53.4 Å². The maximum atomic E-state index is 12.7. The van der Waals surface area contributed by atoms with Gasteiger partial charge in [-0.1, -0.05) is 0 Å². The Morgan fingerprint density at radius 1 is 0.816 bits per heavy atom. The first-order chi connectivity index (χ1) is 17.9. The van der Waals surface area contributed by atoms with Crippen LogP contribution < -0.4 is 10.6 Å². The van der Waals surface area contributed by atoms with Crippen LogP contribution in [0.25, 0.3) is 0 Å². The summed E-state index contributed by atoms with van der Waals surface area (Å²) in [4.78, 5) is 82.0. The molecule has 0 saturated carbocycles. The molecule has 2 amide bonds. The third-order valence-corrected chi connectivity index (χ3v) is 5.49. The minimum absolute atomic E-state index is 0.222. The lowest BCUT2D eigenvalue weighted by Crippen LogP contribution is -2.62. The van der Waals surface area contributed by atoms with E-state index in [1.807, 2.05) is 0 Å². The molecule has 212 valence electrons. The number of hydrogen-bond donors (Lipinski definition) is 2. The number of alkyl carbamates (subject to hydrolysis) is 1. The second-order valence-electron chi connectivity index (χ2n) is 8.69. The van der Waals surface area contributed by atoms with Crippen LogP contribution in [0.5, 0.6) is 0 Å². The van der Waals surface area contributed by atoms with Crippen LogP contribution in [-0.2, 0) is 57.2 Å². The number of hydrogen-bond acceptors (Lipinski definition) is 13. The van der Waals surface area contributed by atoms with Gasteiger partial charge in [0.1, 0.15) is 24.9 Å². The summed E-state index contributed by atoms with van der Waals surface area (Å²) in [6.45, 7) is 4.30. The van der Waals surface area contributed by atoms with Crippen molar-refractivity contribution in [3.8, 4) is 0 Å². The number of carbonyl (C=O) groups is 7. The average Bonchev–Trinajstić information content (AvgIpc) is 3.12. The summed E-state index contributed by atoms with van der Waals surface area (Å²) < 4.78 is 31.2. The molecule has 2 heterocycles. The molecule has 0 aromatic carbocycles. The third-order valence-electron chi connectivity index (χ3n) is 5.49. The zero-order valence-corrected chi connectivity index (χ0v) is 21.5. The Hall–Kier alpha value is -3.75. The molecule has 2 aliphatic heterocycles. The summed E-state index contributed by atoms with van der Waals surface area (Å²) >= 11 is 0. The zero-order chi connectivity index (χ0) is 28.4. The molecule has 0 aliphatic carbocycles. The van der Waals surface area contributed by atoms with Crippen LogP contribution in [0.4, 0.5) is 4.79 Å². The fraction of sp³-hybridized carbons (Fsp3) is 0.696. The molecule has 2 rings (SSSR count). The number of nitrogens with one attached hydrogen (secondary N) is 2. The van der Waals surface area contributed by atoms with Gasteiger partial charge in [0.15, 0.2) is 18.3 Å². The van der Waals surface area contributed by atoms with Gasteiger partial charge in [-0.15, -0.1) is 0 Å². The summed E-state index contributed by atoms with van der Waals surface area (Å²) in [7, 11) is 0. The predicted octanol–water partition coefficient (Wildman–Crippen LogP) is -0.576. The summed E-state index contributed by atoms with van der Waals surface area (Å²) in [6.07, 6.45) is -6.10. The van der Waals surface area contributed by atoms with Crippen molar-refractivity contribution in [2.45, 2.75) is 89.9 Å². The van der Waals surface area contributed by atoms with E-state index in [9.17, 15) is 33.6 Å². The normalized spacial score (nSPS) is 26.4. The van der Waals surface area contributed by atoms with Gasteiger partial charge >= 0.3 is 35.9 Å².